The smallest absolute Gasteiger partial charge is 0.240 e. The molecular formula is C20H25N5O3. The average Bonchev–Trinajstić information content (AvgIpc) is 3.10. The number of pyridine rings is 1. The fourth-order valence-electron chi connectivity index (χ4n) is 2.64. The van der Waals surface area contributed by atoms with Crippen molar-refractivity contribution in [3.8, 4) is 5.75 Å². The zero-order valence-electron chi connectivity index (χ0n) is 16.3. The minimum absolute atomic E-state index is 0.217. The molecule has 0 saturated carbocycles. The van der Waals surface area contributed by atoms with Gasteiger partial charge < -0.3 is 20.5 Å². The van der Waals surface area contributed by atoms with E-state index in [1.807, 2.05) is 30.3 Å². The van der Waals surface area contributed by atoms with Crippen LogP contribution in [0.5, 0.6) is 5.75 Å². The van der Waals surface area contributed by atoms with Crippen molar-refractivity contribution in [1.82, 2.24) is 19.9 Å². The molecule has 0 aliphatic carbocycles. The van der Waals surface area contributed by atoms with Gasteiger partial charge in [0, 0.05) is 0 Å². The molecule has 8 heteroatoms. The van der Waals surface area contributed by atoms with E-state index in [9.17, 15) is 4.79 Å². The molecule has 3 aromatic rings. The third-order valence-electron chi connectivity index (χ3n) is 4.24. The van der Waals surface area contributed by atoms with Gasteiger partial charge in [0.2, 0.25) is 5.91 Å². The Morgan fingerprint density at radius 2 is 1.96 bits per heavy atom. The summed E-state index contributed by atoms with van der Waals surface area (Å²) < 4.78 is 12.9. The molecular weight excluding hydrogens is 358 g/mol. The summed E-state index contributed by atoms with van der Waals surface area (Å²) in [5.41, 5.74) is 6.60. The maximum absolute atomic E-state index is 12.5. The Hall–Kier alpha value is -2.97. The lowest BCUT2D eigenvalue weighted by Crippen LogP contribution is -2.50. The molecule has 8 nitrogen and oxygen atoms in total. The van der Waals surface area contributed by atoms with E-state index in [0.717, 1.165) is 5.56 Å². The number of aromatic nitrogens is 3. The highest BCUT2D eigenvalue weighted by atomic mass is 16.5. The van der Waals surface area contributed by atoms with Gasteiger partial charge in [-0.1, -0.05) is 30.3 Å². The Labute approximate surface area is 163 Å². The molecule has 0 aliphatic rings. The number of hydrogen-bond donors (Lipinski definition) is 2. The minimum atomic E-state index is -1.03. The third kappa shape index (κ3) is 4.65. The van der Waals surface area contributed by atoms with Gasteiger partial charge >= 0.3 is 0 Å². The van der Waals surface area contributed by atoms with Gasteiger partial charge in [0.05, 0.1) is 32.1 Å². The highest BCUT2D eigenvalue weighted by molar-refractivity contribution is 5.85. The number of nitrogens with zero attached hydrogens (tertiary/aromatic N) is 3. The molecule has 0 aliphatic heterocycles. The number of nitrogens with two attached hydrogens (primary N) is 1. The first-order chi connectivity index (χ1) is 13.4. The lowest BCUT2D eigenvalue weighted by Gasteiger charge is -2.23. The zero-order valence-corrected chi connectivity index (χ0v) is 16.3. The van der Waals surface area contributed by atoms with Crippen molar-refractivity contribution in [2.75, 3.05) is 13.7 Å². The van der Waals surface area contributed by atoms with Crippen molar-refractivity contribution in [3.63, 3.8) is 0 Å². The van der Waals surface area contributed by atoms with Crippen molar-refractivity contribution in [2.24, 2.45) is 5.73 Å². The molecule has 148 valence electrons. The van der Waals surface area contributed by atoms with Crippen molar-refractivity contribution in [1.29, 1.82) is 0 Å². The first-order valence-corrected chi connectivity index (χ1v) is 8.98. The van der Waals surface area contributed by atoms with Crippen LogP contribution in [0.4, 0.5) is 0 Å². The Bertz CT molecular complexity index is 934. The molecule has 2 aromatic heterocycles. The molecule has 1 amide bonds. The number of carbonyl (C=O) groups excluding carboxylic acids is 1. The van der Waals surface area contributed by atoms with E-state index >= 15 is 0 Å². The summed E-state index contributed by atoms with van der Waals surface area (Å²) in [6.07, 6.45) is 1.77. The molecule has 0 unspecified atom stereocenters. The Balaban J connectivity index is 1.84. The van der Waals surface area contributed by atoms with Crippen LogP contribution in [-0.2, 0) is 16.1 Å². The highest BCUT2D eigenvalue weighted by Gasteiger charge is 2.28. The van der Waals surface area contributed by atoms with Crippen LogP contribution in [0.25, 0.3) is 5.65 Å². The van der Waals surface area contributed by atoms with Gasteiger partial charge in [-0.2, -0.15) is 0 Å². The first kappa shape index (κ1) is 19.8. The molecule has 28 heavy (non-hydrogen) atoms. The van der Waals surface area contributed by atoms with E-state index in [1.54, 1.807) is 43.7 Å². The van der Waals surface area contributed by atoms with Gasteiger partial charge in [-0.25, -0.2) is 0 Å². The monoisotopic (exact) mass is 383 g/mol. The predicted octanol–water partition coefficient (Wildman–Crippen LogP) is 1.85. The number of rotatable bonds is 8. The Morgan fingerprint density at radius 1 is 1.21 bits per heavy atom. The topological polar surface area (TPSA) is 104 Å². The van der Waals surface area contributed by atoms with Crippen LogP contribution in [0.2, 0.25) is 0 Å². The summed E-state index contributed by atoms with van der Waals surface area (Å²) in [4.78, 5) is 12.5. The SMILES string of the molecule is COc1ccc2nnc([C@@H](COCc3ccccc3)NC(=O)C(C)(C)N)n2c1. The lowest BCUT2D eigenvalue weighted by molar-refractivity contribution is -0.126. The standard InChI is InChI=1S/C20H25N5O3/c1-20(2,21)19(26)22-16(13-28-12-14-7-5-4-6-8-14)18-24-23-17-10-9-15(27-3)11-25(17)18/h4-11,16H,12-13,21H2,1-3H3,(H,22,26)/t16-/m1/s1. The maximum Gasteiger partial charge on any atom is 0.240 e. The van der Waals surface area contributed by atoms with Crippen molar-refractivity contribution in [3.05, 3.63) is 60.0 Å². The van der Waals surface area contributed by atoms with Crippen LogP contribution in [-0.4, -0.2) is 39.8 Å². The fraction of sp³-hybridized carbons (Fsp3) is 0.350. The van der Waals surface area contributed by atoms with Gasteiger partial charge in [0.25, 0.3) is 0 Å². The first-order valence-electron chi connectivity index (χ1n) is 8.98. The molecule has 0 radical (unpaired) electrons. The van der Waals surface area contributed by atoms with Crippen LogP contribution in [0.1, 0.15) is 31.3 Å². The number of methoxy groups -OCH3 is 1. The maximum atomic E-state index is 12.5. The second-order valence-corrected chi connectivity index (χ2v) is 7.10. The summed E-state index contributed by atoms with van der Waals surface area (Å²) in [6, 6.07) is 12.9. The van der Waals surface area contributed by atoms with Crippen LogP contribution >= 0.6 is 0 Å². The summed E-state index contributed by atoms with van der Waals surface area (Å²) in [5, 5.41) is 11.3. The summed E-state index contributed by atoms with van der Waals surface area (Å²) >= 11 is 0. The van der Waals surface area contributed by atoms with Crippen LogP contribution in [0, 0.1) is 0 Å². The number of ether oxygens (including phenoxy) is 2. The van der Waals surface area contributed by atoms with Crippen molar-refractivity contribution in [2.45, 2.75) is 32.0 Å². The molecule has 0 spiro atoms. The van der Waals surface area contributed by atoms with E-state index in [2.05, 4.69) is 15.5 Å². The van der Waals surface area contributed by atoms with E-state index in [4.69, 9.17) is 15.2 Å². The molecule has 0 fully saturated rings. The molecule has 2 heterocycles. The second-order valence-electron chi connectivity index (χ2n) is 7.10. The third-order valence-corrected chi connectivity index (χ3v) is 4.24. The predicted molar refractivity (Wildman–Crippen MR) is 105 cm³/mol. The summed E-state index contributed by atoms with van der Waals surface area (Å²) in [7, 11) is 1.59. The van der Waals surface area contributed by atoms with Crippen LogP contribution in [0.3, 0.4) is 0 Å². The normalized spacial score (nSPS) is 12.7. The molecule has 1 aromatic carbocycles. The molecule has 1 atom stereocenters. The number of carbonyl (C=O) groups is 1. The van der Waals surface area contributed by atoms with E-state index in [1.165, 1.54) is 0 Å². The van der Waals surface area contributed by atoms with E-state index in [-0.39, 0.29) is 12.5 Å². The number of fused-ring (bicyclic) bond motifs is 1. The van der Waals surface area contributed by atoms with Crippen LogP contribution in [0.15, 0.2) is 48.7 Å². The summed E-state index contributed by atoms with van der Waals surface area (Å²) in [5.74, 6) is 0.892. The van der Waals surface area contributed by atoms with Gasteiger partial charge in [0.15, 0.2) is 11.5 Å². The number of amides is 1. The fourth-order valence-corrected chi connectivity index (χ4v) is 2.64. The van der Waals surface area contributed by atoms with Crippen molar-refractivity contribution < 1.29 is 14.3 Å². The second kappa shape index (κ2) is 8.37. The van der Waals surface area contributed by atoms with Gasteiger partial charge in [0.1, 0.15) is 11.8 Å². The van der Waals surface area contributed by atoms with Gasteiger partial charge in [-0.15, -0.1) is 10.2 Å². The summed E-state index contributed by atoms with van der Waals surface area (Å²) in [6.45, 7) is 3.93. The molecule has 0 saturated heterocycles. The lowest BCUT2D eigenvalue weighted by atomic mass is 10.1. The largest absolute Gasteiger partial charge is 0.495 e. The molecule has 0 bridgehead atoms. The average molecular weight is 383 g/mol. The van der Waals surface area contributed by atoms with Gasteiger partial charge in [-0.05, 0) is 31.5 Å². The van der Waals surface area contributed by atoms with E-state index in [0.29, 0.717) is 23.8 Å². The van der Waals surface area contributed by atoms with Crippen molar-refractivity contribution >= 4 is 11.6 Å². The van der Waals surface area contributed by atoms with Crippen LogP contribution < -0.4 is 15.8 Å². The molecule has 3 rings (SSSR count). The highest BCUT2D eigenvalue weighted by Crippen LogP contribution is 2.19. The molecule has 3 N–H and O–H groups in total. The zero-order chi connectivity index (χ0) is 20.1. The number of benzene rings is 1. The number of hydrogen-bond acceptors (Lipinski definition) is 6. The Kier molecular flexibility index (Phi) is 5.91. The Morgan fingerprint density at radius 3 is 2.64 bits per heavy atom. The van der Waals surface area contributed by atoms with E-state index < -0.39 is 11.6 Å². The minimum Gasteiger partial charge on any atom is -0.495 e. The quantitative estimate of drug-likeness (QED) is 0.615. The van der Waals surface area contributed by atoms with Gasteiger partial charge in [-0.3, -0.25) is 9.20 Å². The number of nitrogens with one attached hydrogen (secondary N) is 1.